The van der Waals surface area contributed by atoms with Gasteiger partial charge in [-0.1, -0.05) is 29.8 Å². The number of anilines is 1. The van der Waals surface area contributed by atoms with Crippen molar-refractivity contribution >= 4 is 29.1 Å². The third-order valence-corrected chi connectivity index (χ3v) is 4.91. The van der Waals surface area contributed by atoms with E-state index in [4.69, 9.17) is 21.6 Å². The molecule has 0 radical (unpaired) electrons. The van der Waals surface area contributed by atoms with E-state index in [9.17, 15) is 9.59 Å². The van der Waals surface area contributed by atoms with Gasteiger partial charge in [-0.3, -0.25) is 9.59 Å². The Kier molecular flexibility index (Phi) is 9.22. The zero-order valence-corrected chi connectivity index (χ0v) is 20.3. The number of likely N-dealkylation sites (N-methyl/N-ethyl adjacent to an activating group) is 1. The number of hydrogen-bond donors (Lipinski definition) is 4. The van der Waals surface area contributed by atoms with E-state index in [1.54, 1.807) is 80.8 Å². The molecule has 3 aromatic rings. The van der Waals surface area contributed by atoms with E-state index in [-0.39, 0.29) is 17.8 Å². The van der Waals surface area contributed by atoms with Crippen LogP contribution in [-0.4, -0.2) is 35.8 Å². The molecule has 0 unspecified atom stereocenters. The summed E-state index contributed by atoms with van der Waals surface area (Å²) < 4.78 is 5.64. The van der Waals surface area contributed by atoms with Gasteiger partial charge in [0.05, 0.1) is 5.69 Å². The summed E-state index contributed by atoms with van der Waals surface area (Å²) in [7, 11) is 3.12. The lowest BCUT2D eigenvalue weighted by Crippen LogP contribution is -2.38. The standard InChI is InChI=1S/C25H24ClN7O3/c1-33(2)25(35)22(24(34)28-15-17-6-8-18(26)9-7-17)16-29-32-31-19-10-12-21(13-11-19)36-23-5-3-4-20(14-27)30-23/h3-13,16,29,31-32H,15H2,1-2H3,(H,28,34)/b22-16+. The molecule has 2 amide bonds. The summed E-state index contributed by atoms with van der Waals surface area (Å²) in [6.45, 7) is 0.241. The fourth-order valence-electron chi connectivity index (χ4n) is 2.82. The lowest BCUT2D eigenvalue weighted by Gasteiger charge is -2.15. The van der Waals surface area contributed by atoms with E-state index in [0.717, 1.165) is 5.56 Å². The number of carbonyl (C=O) groups excluding carboxylic acids is 2. The Bertz CT molecular complexity index is 1270. The minimum absolute atomic E-state index is 0.0842. The smallest absolute Gasteiger partial charge is 0.260 e. The van der Waals surface area contributed by atoms with Crippen LogP contribution in [0.2, 0.25) is 5.02 Å². The molecule has 10 nitrogen and oxygen atoms in total. The van der Waals surface area contributed by atoms with Crippen molar-refractivity contribution in [2.45, 2.75) is 6.54 Å². The molecule has 0 aliphatic carbocycles. The number of rotatable bonds is 10. The summed E-state index contributed by atoms with van der Waals surface area (Å²) in [5.74, 6) is -0.152. The van der Waals surface area contributed by atoms with Gasteiger partial charge in [0, 0.05) is 37.9 Å². The summed E-state index contributed by atoms with van der Waals surface area (Å²) in [6.07, 6.45) is 1.28. The number of nitriles is 1. The van der Waals surface area contributed by atoms with Gasteiger partial charge in [-0.15, -0.1) is 0 Å². The maximum absolute atomic E-state index is 12.6. The minimum atomic E-state index is -0.534. The summed E-state index contributed by atoms with van der Waals surface area (Å²) in [6, 6.07) is 20.8. The molecule has 0 aliphatic rings. The number of halogens is 1. The minimum Gasteiger partial charge on any atom is -0.439 e. The third kappa shape index (κ3) is 7.73. The lowest BCUT2D eigenvalue weighted by molar-refractivity contribution is -0.128. The highest BCUT2D eigenvalue weighted by molar-refractivity contribution is 6.30. The van der Waals surface area contributed by atoms with Crippen molar-refractivity contribution in [3.63, 3.8) is 0 Å². The number of nitrogens with one attached hydrogen (secondary N) is 4. The van der Waals surface area contributed by atoms with Crippen LogP contribution in [0.4, 0.5) is 5.69 Å². The van der Waals surface area contributed by atoms with Crippen LogP contribution in [0.25, 0.3) is 0 Å². The van der Waals surface area contributed by atoms with Gasteiger partial charge in [0.25, 0.3) is 11.8 Å². The van der Waals surface area contributed by atoms with Gasteiger partial charge in [-0.2, -0.15) is 10.8 Å². The van der Waals surface area contributed by atoms with E-state index < -0.39 is 11.8 Å². The maximum Gasteiger partial charge on any atom is 0.260 e. The molecule has 3 rings (SSSR count). The SMILES string of the molecule is CN(C)C(=O)/C(=C/NNNc1ccc(Oc2cccc(C#N)n2)cc1)C(=O)NCc1ccc(Cl)cc1. The topological polar surface area (TPSA) is 131 Å². The number of benzene rings is 2. The fraction of sp³-hybridized carbons (Fsp3) is 0.120. The number of hydrogen-bond acceptors (Lipinski definition) is 8. The second-order valence-electron chi connectivity index (χ2n) is 7.56. The molecule has 36 heavy (non-hydrogen) atoms. The number of aromatic nitrogens is 1. The third-order valence-electron chi connectivity index (χ3n) is 4.66. The van der Waals surface area contributed by atoms with Crippen LogP contribution in [-0.2, 0) is 16.1 Å². The van der Waals surface area contributed by atoms with E-state index in [1.807, 2.05) is 6.07 Å². The van der Waals surface area contributed by atoms with E-state index in [0.29, 0.717) is 22.3 Å². The number of carbonyl (C=O) groups is 2. The molecule has 1 aromatic heterocycles. The van der Waals surface area contributed by atoms with Crippen molar-refractivity contribution in [1.82, 2.24) is 26.2 Å². The van der Waals surface area contributed by atoms with Crippen LogP contribution in [0, 0.1) is 11.3 Å². The number of ether oxygens (including phenoxy) is 1. The van der Waals surface area contributed by atoms with Crippen molar-refractivity contribution < 1.29 is 14.3 Å². The van der Waals surface area contributed by atoms with Crippen LogP contribution in [0.1, 0.15) is 11.3 Å². The predicted molar refractivity (Wildman–Crippen MR) is 135 cm³/mol. The molecule has 0 spiro atoms. The first-order chi connectivity index (χ1) is 17.4. The van der Waals surface area contributed by atoms with Crippen molar-refractivity contribution in [1.29, 1.82) is 5.26 Å². The second kappa shape index (κ2) is 12.8. The van der Waals surface area contributed by atoms with Gasteiger partial charge >= 0.3 is 0 Å². The van der Waals surface area contributed by atoms with Crippen molar-refractivity contribution in [2.24, 2.45) is 0 Å². The second-order valence-corrected chi connectivity index (χ2v) is 8.00. The predicted octanol–water partition coefficient (Wildman–Crippen LogP) is 3.11. The summed E-state index contributed by atoms with van der Waals surface area (Å²) in [5, 5.41) is 12.3. The molecule has 0 bridgehead atoms. The zero-order valence-electron chi connectivity index (χ0n) is 19.6. The highest BCUT2D eigenvalue weighted by Crippen LogP contribution is 2.21. The molecule has 4 N–H and O–H groups in total. The highest BCUT2D eigenvalue weighted by atomic mass is 35.5. The fourth-order valence-corrected chi connectivity index (χ4v) is 2.95. The Morgan fingerprint density at radius 2 is 1.81 bits per heavy atom. The Hall–Kier alpha value is -4.59. The normalized spacial score (nSPS) is 10.7. The Balaban J connectivity index is 1.54. The molecule has 0 saturated carbocycles. The molecule has 11 heteroatoms. The number of nitrogens with zero attached hydrogens (tertiary/aromatic N) is 3. The van der Waals surface area contributed by atoms with Crippen molar-refractivity contribution in [3.05, 3.63) is 94.8 Å². The van der Waals surface area contributed by atoms with Crippen LogP contribution in [0.15, 0.2) is 78.5 Å². The van der Waals surface area contributed by atoms with Gasteiger partial charge < -0.3 is 25.8 Å². The van der Waals surface area contributed by atoms with Gasteiger partial charge in [0.15, 0.2) is 0 Å². The van der Waals surface area contributed by atoms with Gasteiger partial charge in [-0.25, -0.2) is 4.98 Å². The molecule has 0 fully saturated rings. The molecule has 0 aliphatic heterocycles. The molecule has 0 saturated heterocycles. The van der Waals surface area contributed by atoms with Gasteiger partial charge in [0.2, 0.25) is 5.88 Å². The Morgan fingerprint density at radius 3 is 2.47 bits per heavy atom. The highest BCUT2D eigenvalue weighted by Gasteiger charge is 2.19. The first-order valence-corrected chi connectivity index (χ1v) is 11.1. The van der Waals surface area contributed by atoms with Crippen LogP contribution in [0.3, 0.4) is 0 Å². The van der Waals surface area contributed by atoms with Crippen LogP contribution < -0.4 is 26.4 Å². The number of pyridine rings is 1. The Labute approximate surface area is 213 Å². The van der Waals surface area contributed by atoms with Gasteiger partial charge in [0.1, 0.15) is 23.1 Å². The number of hydrazine groups is 2. The summed E-state index contributed by atoms with van der Waals surface area (Å²) >= 11 is 5.88. The first-order valence-electron chi connectivity index (χ1n) is 10.7. The van der Waals surface area contributed by atoms with E-state index >= 15 is 0 Å². The lowest BCUT2D eigenvalue weighted by atomic mass is 10.2. The van der Waals surface area contributed by atoms with Crippen LogP contribution in [0.5, 0.6) is 11.6 Å². The molecule has 1 heterocycles. The molecular formula is C25H24ClN7O3. The number of amides is 2. The quantitative estimate of drug-likeness (QED) is 0.109. The maximum atomic E-state index is 12.6. The van der Waals surface area contributed by atoms with Crippen molar-refractivity contribution in [3.8, 4) is 17.7 Å². The van der Waals surface area contributed by atoms with Gasteiger partial charge in [-0.05, 0) is 48.0 Å². The molecule has 0 atom stereocenters. The average molecular weight is 506 g/mol. The molecule has 2 aromatic carbocycles. The summed E-state index contributed by atoms with van der Waals surface area (Å²) in [4.78, 5) is 30.5. The average Bonchev–Trinajstić information content (AvgIpc) is 2.89. The van der Waals surface area contributed by atoms with E-state index in [1.165, 1.54) is 11.1 Å². The van der Waals surface area contributed by atoms with E-state index in [2.05, 4.69) is 26.7 Å². The van der Waals surface area contributed by atoms with Crippen molar-refractivity contribution in [2.75, 3.05) is 19.5 Å². The summed E-state index contributed by atoms with van der Waals surface area (Å²) in [5.41, 5.74) is 10.0. The van der Waals surface area contributed by atoms with Crippen LogP contribution >= 0.6 is 11.6 Å². The molecular weight excluding hydrogens is 482 g/mol. The molecule has 184 valence electrons. The first kappa shape index (κ1) is 26.0. The zero-order chi connectivity index (χ0) is 25.9. The Morgan fingerprint density at radius 1 is 1.08 bits per heavy atom. The largest absolute Gasteiger partial charge is 0.439 e. The monoisotopic (exact) mass is 505 g/mol.